The summed E-state index contributed by atoms with van der Waals surface area (Å²) in [5.41, 5.74) is 23.9. The highest BCUT2D eigenvalue weighted by Crippen LogP contribution is 2.24. The molecule has 0 spiro atoms. The molecule has 3 heterocycles. The Bertz CT molecular complexity index is 4480. The summed E-state index contributed by atoms with van der Waals surface area (Å²) < 4.78 is 0. The van der Waals surface area contributed by atoms with Crippen LogP contribution in [0.5, 0.6) is 5.75 Å². The van der Waals surface area contributed by atoms with E-state index in [2.05, 4.69) is 99.0 Å². The van der Waals surface area contributed by atoms with Crippen LogP contribution in [0.2, 0.25) is 0 Å². The molecule has 0 unspecified atom stereocenters. The van der Waals surface area contributed by atoms with Crippen LogP contribution in [-0.2, 0) is 106 Å². The van der Waals surface area contributed by atoms with E-state index in [0.29, 0.717) is 57.9 Å². The van der Waals surface area contributed by atoms with Crippen molar-refractivity contribution in [2.75, 3.05) is 24.6 Å². The molecule has 17 amide bonds. The number of aromatic amines is 2. The van der Waals surface area contributed by atoms with Crippen molar-refractivity contribution in [3.63, 3.8) is 0 Å². The number of nitrogens with zero attached hydrogens (tertiary/aromatic N) is 1. The number of H-pyrrole nitrogens is 2. The molecule has 0 aliphatic carbocycles. The van der Waals surface area contributed by atoms with Crippen molar-refractivity contribution in [2.24, 2.45) is 28.9 Å². The number of para-hydroxylation sites is 2. The lowest BCUT2D eigenvalue weighted by molar-refractivity contribution is -0.139. The zero-order valence-electron chi connectivity index (χ0n) is 65.2. The number of aromatic hydroxyl groups is 1. The summed E-state index contributed by atoms with van der Waals surface area (Å²) in [4.78, 5) is 252. The first-order valence-electron chi connectivity index (χ1n) is 37.9. The molecule has 13 atom stereocenters. The zero-order valence-corrected chi connectivity index (χ0v) is 67.0. The minimum Gasteiger partial charge on any atom is -0.508 e. The van der Waals surface area contributed by atoms with E-state index >= 15 is 9.59 Å². The quantitative estimate of drug-likeness (QED) is 0.0163. The van der Waals surface area contributed by atoms with Crippen molar-refractivity contribution in [1.29, 1.82) is 0 Å². The average molecular weight is 1680 g/mol. The van der Waals surface area contributed by atoms with Crippen LogP contribution < -0.4 is 86.7 Å². The molecule has 1 fully saturated rings. The van der Waals surface area contributed by atoms with Gasteiger partial charge in [-0.1, -0.05) is 62.4 Å². The number of carboxylic acid groups (broad SMARTS) is 1. The van der Waals surface area contributed by atoms with E-state index in [1.807, 2.05) is 0 Å². The number of hydrogen-bond donors (Lipinski definition) is 23. The average Bonchev–Trinajstić information content (AvgIpc) is 1.58. The van der Waals surface area contributed by atoms with Gasteiger partial charge in [-0.15, -0.1) is 0 Å². The number of hydrogen-bond acceptors (Lipinski definition) is 22. The second-order valence-corrected chi connectivity index (χ2v) is 29.6. The van der Waals surface area contributed by atoms with Crippen LogP contribution in [0.15, 0.2) is 85.2 Å². The van der Waals surface area contributed by atoms with Crippen LogP contribution in [0.25, 0.3) is 21.8 Å². The molecule has 0 bridgehead atoms. The molecular formula is C76H103N19O21S2. The number of carbonyl (C=O) groups excluding carboxylic acids is 17. The van der Waals surface area contributed by atoms with Crippen LogP contribution >= 0.6 is 25.3 Å². The van der Waals surface area contributed by atoms with Gasteiger partial charge in [-0.3, -0.25) is 86.3 Å². The first-order valence-corrected chi connectivity index (χ1v) is 39.1. The maximum atomic E-state index is 15.2. The van der Waals surface area contributed by atoms with E-state index in [9.17, 15) is 92.0 Å². The maximum Gasteiger partial charge on any atom is 0.303 e. The molecule has 640 valence electrons. The molecule has 40 nitrogen and oxygen atoms in total. The Balaban J connectivity index is 1.28. The number of nitrogens with two attached hydrogens (primary N) is 4. The number of aromatic nitrogens is 2. The van der Waals surface area contributed by atoms with Gasteiger partial charge >= 0.3 is 5.97 Å². The Labute approximate surface area is 687 Å². The van der Waals surface area contributed by atoms with Crippen molar-refractivity contribution in [3.05, 3.63) is 102 Å². The van der Waals surface area contributed by atoms with E-state index < -0.39 is 243 Å². The summed E-state index contributed by atoms with van der Waals surface area (Å²) in [7, 11) is 0. The summed E-state index contributed by atoms with van der Waals surface area (Å²) in [5, 5.41) is 61.8. The standard InChI is InChI=1S/C76H103N19O21S2/c1-37(2)15-20-48(66(106)84-51(23-26-63(103)104)67(107)90-55(31-61(79)101)65(105)83-34-62(80)102)85-71(111)53(29-41-32-81-46-12-7-5-10-44(41)46)89-70(110)52(28-40-16-18-43(98)19-17-40)88-74(114)56(35-117)92-68(108)49(21-24-59(77)99)86-72(112)54(30-42-33-82-47-13-8-6-11-45(42)47)91-76(116)64(38(3)96)94-69(109)50(22-25-60(78)100)87-73(113)57(36-118)93-75(115)58-14-9-27-95(58)39(4)97/h5-8,10-13,16-19,32-33,37-38,48-58,64,81-82,96,98,117-118H,9,14-15,20-31,34-36H2,1-4H3,(H2,77,99)(H2,78,100)(H2,79,101)(H2,80,102)(H,83,105)(H,84,106)(H,85,111)(H,86,112)(H,87,113)(H,88,114)(H,89,110)(H,90,107)(H,91,116)(H,92,108)(H,93,115)(H,94,109)(H,103,104)/t38-,48+,49+,50+,51+,52+,53+,54+,55+,56+,57+,58+,64+/m1/s1. The summed E-state index contributed by atoms with van der Waals surface area (Å²) in [6.07, 6.45) is -3.20. The number of thiol groups is 2. The highest BCUT2D eigenvalue weighted by molar-refractivity contribution is 7.80. The highest BCUT2D eigenvalue weighted by Gasteiger charge is 2.40. The molecule has 6 rings (SSSR count). The fraction of sp³-hybridized carbons (Fsp3) is 0.474. The van der Waals surface area contributed by atoms with Crippen molar-refractivity contribution in [3.8, 4) is 5.75 Å². The first kappa shape index (κ1) is 94.5. The summed E-state index contributed by atoms with van der Waals surface area (Å²) in [6, 6.07) is -0.622. The van der Waals surface area contributed by atoms with Gasteiger partial charge in [0.15, 0.2) is 0 Å². The molecule has 0 saturated carbocycles. The smallest absolute Gasteiger partial charge is 0.303 e. The molecule has 118 heavy (non-hydrogen) atoms. The number of carboxylic acids is 1. The number of aliphatic hydroxyl groups is 1. The van der Waals surface area contributed by atoms with Crippen LogP contribution in [0.4, 0.5) is 0 Å². The van der Waals surface area contributed by atoms with E-state index in [0.717, 1.165) is 6.92 Å². The normalized spacial score (nSPS) is 15.5. The first-order chi connectivity index (χ1) is 55.9. The fourth-order valence-corrected chi connectivity index (χ4v) is 13.3. The summed E-state index contributed by atoms with van der Waals surface area (Å²) in [5.74, 6) is -19.8. The minimum absolute atomic E-state index is 0.138. The lowest BCUT2D eigenvalue weighted by Crippen LogP contribution is -2.62. The summed E-state index contributed by atoms with van der Waals surface area (Å²) in [6.45, 7) is 5.56. The van der Waals surface area contributed by atoms with Crippen LogP contribution in [-0.4, -0.2) is 240 Å². The number of amides is 17. The molecule has 25 N–H and O–H groups in total. The SMILES string of the molecule is CC(=O)N1CCC[C@H]1C(=O)N[C@@H](CS)C(=O)N[C@@H](CCC(N)=O)C(=O)N[C@H](C(=O)N[C@@H](Cc1c[nH]c2ccccc12)C(=O)N[C@@H](CCC(N)=O)C(=O)N[C@@H](CS)C(=O)N[C@@H](Cc1ccc(O)cc1)C(=O)N[C@@H](Cc1c[nH]c2ccccc12)C(=O)N[C@@H](CCC(C)C)C(=O)N[C@@H](CCC(=O)O)C(=O)N[C@@H](CC(N)=O)C(=O)NCC(N)=O)[C@@H](C)O. The Hall–Kier alpha value is -12.3. The third-order valence-corrected chi connectivity index (χ3v) is 19.9. The Kier molecular flexibility index (Phi) is 36.7. The number of rotatable bonds is 48. The van der Waals surface area contributed by atoms with E-state index in [-0.39, 0.29) is 49.0 Å². The van der Waals surface area contributed by atoms with Gasteiger partial charge in [0.2, 0.25) is 100 Å². The molecule has 3 aromatic carbocycles. The number of likely N-dealkylation sites (tertiary alicyclic amines) is 1. The van der Waals surface area contributed by atoms with Gasteiger partial charge in [0, 0.05) is 97.7 Å². The van der Waals surface area contributed by atoms with Gasteiger partial charge in [-0.2, -0.15) is 25.3 Å². The molecule has 2 aromatic heterocycles. The highest BCUT2D eigenvalue weighted by atomic mass is 32.1. The van der Waals surface area contributed by atoms with Crippen LogP contribution in [0.3, 0.4) is 0 Å². The molecule has 0 radical (unpaired) electrons. The van der Waals surface area contributed by atoms with Gasteiger partial charge in [0.25, 0.3) is 0 Å². The number of aliphatic hydroxyl groups excluding tert-OH is 1. The number of carbonyl (C=O) groups is 18. The van der Waals surface area contributed by atoms with E-state index in [4.69, 9.17) is 22.9 Å². The predicted octanol–water partition coefficient (Wildman–Crippen LogP) is -4.72. The fourth-order valence-electron chi connectivity index (χ4n) is 12.8. The molecular weight excluding hydrogens is 1580 g/mol. The largest absolute Gasteiger partial charge is 0.508 e. The third kappa shape index (κ3) is 29.4. The topological polar surface area (TPSA) is 651 Å². The van der Waals surface area contributed by atoms with E-state index in [1.165, 1.54) is 42.3 Å². The van der Waals surface area contributed by atoms with Crippen molar-refractivity contribution < 1.29 is 102 Å². The van der Waals surface area contributed by atoms with Gasteiger partial charge in [-0.25, -0.2) is 0 Å². The van der Waals surface area contributed by atoms with Crippen molar-refractivity contribution >= 4 is 153 Å². The van der Waals surface area contributed by atoms with Crippen molar-refractivity contribution in [2.45, 2.75) is 196 Å². The minimum atomic E-state index is -1.96. The molecule has 42 heteroatoms. The number of aliphatic carboxylic acids is 1. The molecule has 1 aliphatic heterocycles. The third-order valence-electron chi connectivity index (χ3n) is 19.2. The second kappa shape index (κ2) is 45.8. The monoisotopic (exact) mass is 1680 g/mol. The summed E-state index contributed by atoms with van der Waals surface area (Å²) >= 11 is 8.58. The van der Waals surface area contributed by atoms with Gasteiger partial charge in [0.1, 0.15) is 78.3 Å². The van der Waals surface area contributed by atoms with Crippen molar-refractivity contribution in [1.82, 2.24) is 78.7 Å². The Morgan fingerprint density at radius 1 is 0.458 bits per heavy atom. The predicted molar refractivity (Wildman–Crippen MR) is 431 cm³/mol. The number of phenols is 1. The number of fused-ring (bicyclic) bond motifs is 2. The van der Waals surface area contributed by atoms with Gasteiger partial charge in [-0.05, 0) is 98.7 Å². The van der Waals surface area contributed by atoms with E-state index in [1.54, 1.807) is 68.6 Å². The molecule has 5 aromatic rings. The maximum absolute atomic E-state index is 15.2. The number of benzene rings is 3. The number of nitrogens with one attached hydrogen (secondary N) is 14. The molecule has 1 aliphatic rings. The zero-order chi connectivity index (χ0) is 87.2. The Morgan fingerprint density at radius 3 is 1.29 bits per heavy atom. The Morgan fingerprint density at radius 2 is 0.856 bits per heavy atom. The van der Waals surface area contributed by atoms with Crippen LogP contribution in [0.1, 0.15) is 115 Å². The van der Waals surface area contributed by atoms with Gasteiger partial charge in [0.05, 0.1) is 19.1 Å². The number of phenolic OH excluding ortho intramolecular Hbond substituents is 1. The second-order valence-electron chi connectivity index (χ2n) is 28.8. The number of primary amides is 4. The van der Waals surface area contributed by atoms with Gasteiger partial charge < -0.3 is 117 Å². The lowest BCUT2D eigenvalue weighted by Gasteiger charge is -2.29. The molecule has 1 saturated heterocycles. The van der Waals surface area contributed by atoms with Crippen LogP contribution in [0, 0.1) is 5.92 Å². The lowest BCUT2D eigenvalue weighted by atomic mass is 9.99.